The van der Waals surface area contributed by atoms with Crippen LogP contribution in [0.1, 0.15) is 25.1 Å². The Kier molecular flexibility index (Phi) is 3.69. The topological polar surface area (TPSA) is 63.8 Å². The van der Waals surface area contributed by atoms with E-state index in [1.54, 1.807) is 6.20 Å². The summed E-state index contributed by atoms with van der Waals surface area (Å²) in [5, 5.41) is 3.34. The van der Waals surface area contributed by atoms with Crippen LogP contribution in [0.4, 0.5) is 11.5 Å². The van der Waals surface area contributed by atoms with E-state index in [-0.39, 0.29) is 5.41 Å². The van der Waals surface area contributed by atoms with Crippen LogP contribution >= 0.6 is 0 Å². The van der Waals surface area contributed by atoms with E-state index in [9.17, 15) is 0 Å². The van der Waals surface area contributed by atoms with Crippen LogP contribution < -0.4 is 11.1 Å². The summed E-state index contributed by atoms with van der Waals surface area (Å²) >= 11 is 0. The number of aryl methyl sites for hydroxylation is 1. The summed E-state index contributed by atoms with van der Waals surface area (Å²) in [6.07, 6.45) is 3.51. The summed E-state index contributed by atoms with van der Waals surface area (Å²) in [6, 6.07) is 7.95. The Hall–Kier alpha value is -2.10. The SMILES string of the molecule is Cc1cc(NCC(C)(C)c2ccccn2)ncc1N. The van der Waals surface area contributed by atoms with Crippen molar-refractivity contribution in [2.45, 2.75) is 26.2 Å². The van der Waals surface area contributed by atoms with Crippen LogP contribution in [0.2, 0.25) is 0 Å². The van der Waals surface area contributed by atoms with E-state index in [2.05, 4.69) is 29.1 Å². The summed E-state index contributed by atoms with van der Waals surface area (Å²) in [5.41, 5.74) is 8.52. The van der Waals surface area contributed by atoms with Crippen molar-refractivity contribution in [3.05, 3.63) is 47.9 Å². The zero-order chi connectivity index (χ0) is 13.9. The molecule has 0 aliphatic heterocycles. The largest absolute Gasteiger partial charge is 0.397 e. The zero-order valence-electron chi connectivity index (χ0n) is 11.6. The first-order chi connectivity index (χ1) is 8.99. The van der Waals surface area contributed by atoms with Crippen molar-refractivity contribution in [1.29, 1.82) is 0 Å². The van der Waals surface area contributed by atoms with Gasteiger partial charge in [0.1, 0.15) is 5.82 Å². The number of hydrogen-bond acceptors (Lipinski definition) is 4. The van der Waals surface area contributed by atoms with Crippen molar-refractivity contribution in [3.8, 4) is 0 Å². The molecule has 2 heterocycles. The lowest BCUT2D eigenvalue weighted by atomic mass is 9.89. The Morgan fingerprint density at radius 3 is 2.68 bits per heavy atom. The van der Waals surface area contributed by atoms with Crippen molar-refractivity contribution >= 4 is 11.5 Å². The number of rotatable bonds is 4. The minimum Gasteiger partial charge on any atom is -0.397 e. The van der Waals surface area contributed by atoms with E-state index in [0.29, 0.717) is 0 Å². The van der Waals surface area contributed by atoms with E-state index >= 15 is 0 Å². The van der Waals surface area contributed by atoms with Crippen LogP contribution in [0.25, 0.3) is 0 Å². The molecule has 2 aromatic heterocycles. The van der Waals surface area contributed by atoms with Crippen LogP contribution in [-0.2, 0) is 5.41 Å². The molecule has 0 spiro atoms. The monoisotopic (exact) mass is 256 g/mol. The van der Waals surface area contributed by atoms with E-state index in [0.717, 1.165) is 29.3 Å². The molecule has 19 heavy (non-hydrogen) atoms. The molecule has 3 N–H and O–H groups in total. The molecule has 0 bridgehead atoms. The second kappa shape index (κ2) is 5.26. The summed E-state index contributed by atoms with van der Waals surface area (Å²) in [6.45, 7) is 7.06. The van der Waals surface area contributed by atoms with Gasteiger partial charge in [0.05, 0.1) is 11.9 Å². The lowest BCUT2D eigenvalue weighted by molar-refractivity contribution is 0.537. The van der Waals surface area contributed by atoms with Crippen LogP contribution in [0, 0.1) is 6.92 Å². The third kappa shape index (κ3) is 3.22. The van der Waals surface area contributed by atoms with Gasteiger partial charge in [0.15, 0.2) is 0 Å². The number of nitrogens with two attached hydrogens (primary N) is 1. The third-order valence-corrected chi connectivity index (χ3v) is 3.22. The Bertz CT molecular complexity index is 549. The van der Waals surface area contributed by atoms with Gasteiger partial charge in [-0.3, -0.25) is 4.98 Å². The van der Waals surface area contributed by atoms with E-state index in [4.69, 9.17) is 5.73 Å². The first-order valence-corrected chi connectivity index (χ1v) is 6.36. The van der Waals surface area contributed by atoms with Crippen LogP contribution in [-0.4, -0.2) is 16.5 Å². The molecular formula is C15H20N4. The van der Waals surface area contributed by atoms with Crippen molar-refractivity contribution in [2.75, 3.05) is 17.6 Å². The minimum atomic E-state index is -0.0573. The Morgan fingerprint density at radius 2 is 2.05 bits per heavy atom. The lowest BCUT2D eigenvalue weighted by Crippen LogP contribution is -2.28. The molecule has 0 saturated heterocycles. The quantitative estimate of drug-likeness (QED) is 0.883. The van der Waals surface area contributed by atoms with Crippen molar-refractivity contribution in [1.82, 2.24) is 9.97 Å². The molecule has 0 atom stereocenters. The van der Waals surface area contributed by atoms with Crippen LogP contribution in [0.5, 0.6) is 0 Å². The van der Waals surface area contributed by atoms with Gasteiger partial charge in [0.25, 0.3) is 0 Å². The Balaban J connectivity index is 2.07. The van der Waals surface area contributed by atoms with Crippen LogP contribution in [0.3, 0.4) is 0 Å². The van der Waals surface area contributed by atoms with Gasteiger partial charge < -0.3 is 11.1 Å². The molecule has 0 unspecified atom stereocenters. The van der Waals surface area contributed by atoms with Gasteiger partial charge in [0, 0.05) is 23.9 Å². The lowest BCUT2D eigenvalue weighted by Gasteiger charge is -2.24. The van der Waals surface area contributed by atoms with Crippen LogP contribution in [0.15, 0.2) is 36.7 Å². The molecule has 100 valence electrons. The zero-order valence-corrected chi connectivity index (χ0v) is 11.6. The molecule has 0 fully saturated rings. The molecule has 0 aromatic carbocycles. The fraction of sp³-hybridized carbons (Fsp3) is 0.333. The second-order valence-corrected chi connectivity index (χ2v) is 5.38. The third-order valence-electron chi connectivity index (χ3n) is 3.22. The van der Waals surface area contributed by atoms with E-state index < -0.39 is 0 Å². The van der Waals surface area contributed by atoms with E-state index in [1.165, 1.54) is 0 Å². The van der Waals surface area contributed by atoms with Gasteiger partial charge in [-0.05, 0) is 30.7 Å². The predicted molar refractivity (Wildman–Crippen MR) is 79.1 cm³/mol. The van der Waals surface area contributed by atoms with Crippen molar-refractivity contribution < 1.29 is 0 Å². The summed E-state index contributed by atoms with van der Waals surface area (Å²) in [4.78, 5) is 8.69. The molecule has 0 saturated carbocycles. The van der Waals surface area contributed by atoms with E-state index in [1.807, 2.05) is 37.4 Å². The first kappa shape index (κ1) is 13.3. The highest BCUT2D eigenvalue weighted by molar-refractivity contribution is 5.51. The maximum Gasteiger partial charge on any atom is 0.126 e. The standard InChI is InChI=1S/C15H20N4/c1-11-8-14(18-9-12(11)16)19-10-15(2,3)13-6-4-5-7-17-13/h4-9H,10,16H2,1-3H3,(H,18,19). The molecule has 4 nitrogen and oxygen atoms in total. The molecule has 4 heteroatoms. The predicted octanol–water partition coefficient (Wildman–Crippen LogP) is 2.76. The number of aromatic nitrogens is 2. The number of hydrogen-bond donors (Lipinski definition) is 2. The fourth-order valence-corrected chi connectivity index (χ4v) is 1.83. The maximum atomic E-state index is 5.76. The van der Waals surface area contributed by atoms with Gasteiger partial charge >= 0.3 is 0 Å². The molecule has 0 aliphatic rings. The second-order valence-electron chi connectivity index (χ2n) is 5.38. The highest BCUT2D eigenvalue weighted by Crippen LogP contribution is 2.22. The summed E-state index contributed by atoms with van der Waals surface area (Å²) in [7, 11) is 0. The average Bonchev–Trinajstić information content (AvgIpc) is 2.41. The smallest absolute Gasteiger partial charge is 0.126 e. The Labute approximate surface area is 114 Å². The Morgan fingerprint density at radius 1 is 1.26 bits per heavy atom. The van der Waals surface area contributed by atoms with Crippen molar-refractivity contribution in [3.63, 3.8) is 0 Å². The summed E-state index contributed by atoms with van der Waals surface area (Å²) < 4.78 is 0. The molecule has 2 rings (SSSR count). The highest BCUT2D eigenvalue weighted by Gasteiger charge is 2.21. The number of nitrogen functional groups attached to an aromatic ring is 1. The number of nitrogens with one attached hydrogen (secondary N) is 1. The van der Waals surface area contributed by atoms with Gasteiger partial charge in [-0.2, -0.15) is 0 Å². The van der Waals surface area contributed by atoms with Gasteiger partial charge in [-0.1, -0.05) is 19.9 Å². The number of anilines is 2. The fourth-order valence-electron chi connectivity index (χ4n) is 1.83. The van der Waals surface area contributed by atoms with Crippen molar-refractivity contribution in [2.24, 2.45) is 0 Å². The molecular weight excluding hydrogens is 236 g/mol. The van der Waals surface area contributed by atoms with Gasteiger partial charge in [0.2, 0.25) is 0 Å². The molecule has 2 aromatic rings. The molecule has 0 aliphatic carbocycles. The first-order valence-electron chi connectivity index (χ1n) is 6.36. The number of nitrogens with zero attached hydrogens (tertiary/aromatic N) is 2. The maximum absolute atomic E-state index is 5.76. The van der Waals surface area contributed by atoms with Gasteiger partial charge in [-0.15, -0.1) is 0 Å². The summed E-state index contributed by atoms with van der Waals surface area (Å²) in [5.74, 6) is 0.843. The molecule has 0 radical (unpaired) electrons. The molecule has 0 amide bonds. The average molecular weight is 256 g/mol. The number of pyridine rings is 2. The van der Waals surface area contributed by atoms with Gasteiger partial charge in [-0.25, -0.2) is 4.98 Å². The highest BCUT2D eigenvalue weighted by atomic mass is 15.0. The normalized spacial score (nSPS) is 11.3. The minimum absolute atomic E-state index is 0.0573.